The Kier molecular flexibility index (Phi) is 5.06. The number of nitrogens with one attached hydrogen (secondary N) is 3. The number of ether oxygens (including phenoxy) is 1. The Morgan fingerprint density at radius 2 is 2.21 bits per heavy atom. The van der Waals surface area contributed by atoms with Crippen LogP contribution in [0, 0.1) is 5.82 Å². The molecule has 9 heteroatoms. The van der Waals surface area contributed by atoms with Crippen molar-refractivity contribution in [2.24, 2.45) is 0 Å². The third-order valence-electron chi connectivity index (χ3n) is 4.89. The SMILES string of the molecule is CCc1cc(F)c2cc1Nc1cc(NC)c3ncc(n3n1)C(=O)N[C@H](C)COC2. The molecule has 0 saturated carbocycles. The lowest BCUT2D eigenvalue weighted by Gasteiger charge is -2.18. The number of rotatable bonds is 2. The van der Waals surface area contributed by atoms with Crippen LogP contribution in [0.15, 0.2) is 24.4 Å². The van der Waals surface area contributed by atoms with Crippen molar-refractivity contribution in [1.29, 1.82) is 0 Å². The van der Waals surface area contributed by atoms with Gasteiger partial charge in [-0.1, -0.05) is 6.92 Å². The van der Waals surface area contributed by atoms with E-state index in [4.69, 9.17) is 4.74 Å². The molecule has 2 aromatic heterocycles. The molecule has 0 aliphatic carbocycles. The third kappa shape index (κ3) is 3.61. The second-order valence-corrected chi connectivity index (χ2v) is 7.04. The molecule has 4 rings (SSSR count). The molecule has 1 atom stereocenters. The Morgan fingerprint density at radius 1 is 1.38 bits per heavy atom. The van der Waals surface area contributed by atoms with Crippen molar-refractivity contribution in [2.45, 2.75) is 32.9 Å². The fourth-order valence-corrected chi connectivity index (χ4v) is 3.37. The first kappa shape index (κ1) is 19.1. The second kappa shape index (κ2) is 7.67. The van der Waals surface area contributed by atoms with Crippen molar-refractivity contribution >= 4 is 28.7 Å². The highest BCUT2D eigenvalue weighted by molar-refractivity contribution is 5.94. The maximum absolute atomic E-state index is 14.5. The van der Waals surface area contributed by atoms with Crippen molar-refractivity contribution in [3.63, 3.8) is 0 Å². The molecular formula is C20H23FN6O2. The Hall–Kier alpha value is -3.20. The Morgan fingerprint density at radius 3 is 2.97 bits per heavy atom. The smallest absolute Gasteiger partial charge is 0.271 e. The predicted octanol–water partition coefficient (Wildman–Crippen LogP) is 2.86. The molecular weight excluding hydrogens is 375 g/mol. The van der Waals surface area contributed by atoms with E-state index in [9.17, 15) is 9.18 Å². The Labute approximate surface area is 167 Å². The van der Waals surface area contributed by atoms with Gasteiger partial charge in [-0.05, 0) is 31.0 Å². The number of halogens is 1. The molecule has 1 amide bonds. The van der Waals surface area contributed by atoms with Gasteiger partial charge in [0.1, 0.15) is 5.82 Å². The van der Waals surface area contributed by atoms with Gasteiger partial charge >= 0.3 is 0 Å². The summed E-state index contributed by atoms with van der Waals surface area (Å²) < 4.78 is 21.6. The summed E-state index contributed by atoms with van der Waals surface area (Å²) in [6.45, 7) is 4.15. The van der Waals surface area contributed by atoms with Crippen LogP contribution in [-0.2, 0) is 17.8 Å². The standard InChI is InChI=1S/C20H23FN6O2/c1-4-12-5-14(21)13-6-15(12)25-18-7-16(22-3)19-23-8-17(27(19)26-18)20(28)24-11(2)9-29-10-13/h5-8,11,22H,4,9-10H2,1-3H3,(H,24,28)(H,25,26)/t11-/m1/s1. The van der Waals surface area contributed by atoms with E-state index in [1.54, 1.807) is 19.2 Å². The minimum Gasteiger partial charge on any atom is -0.385 e. The summed E-state index contributed by atoms with van der Waals surface area (Å²) in [6.07, 6.45) is 2.15. The van der Waals surface area contributed by atoms with Crippen molar-refractivity contribution in [2.75, 3.05) is 24.3 Å². The maximum Gasteiger partial charge on any atom is 0.271 e. The van der Waals surface area contributed by atoms with Gasteiger partial charge in [-0.25, -0.2) is 13.9 Å². The number of nitrogens with zero attached hydrogens (tertiary/aromatic N) is 3. The largest absolute Gasteiger partial charge is 0.385 e. The first-order valence-corrected chi connectivity index (χ1v) is 9.53. The van der Waals surface area contributed by atoms with Gasteiger partial charge in [0.15, 0.2) is 17.2 Å². The van der Waals surface area contributed by atoms with Crippen LogP contribution >= 0.6 is 0 Å². The van der Waals surface area contributed by atoms with E-state index in [1.165, 1.54) is 16.8 Å². The lowest BCUT2D eigenvalue weighted by atomic mass is 10.1. The van der Waals surface area contributed by atoms with Crippen molar-refractivity contribution in [3.05, 3.63) is 47.0 Å². The van der Waals surface area contributed by atoms with Crippen LogP contribution in [0.3, 0.4) is 0 Å². The second-order valence-electron chi connectivity index (χ2n) is 7.04. The molecule has 0 saturated heterocycles. The Bertz CT molecular complexity index is 1080. The highest BCUT2D eigenvalue weighted by Crippen LogP contribution is 2.27. The summed E-state index contributed by atoms with van der Waals surface area (Å²) in [5.74, 6) is -0.115. The molecule has 1 aliphatic rings. The predicted molar refractivity (Wildman–Crippen MR) is 108 cm³/mol. The Balaban J connectivity index is 1.90. The molecule has 3 heterocycles. The molecule has 0 spiro atoms. The van der Waals surface area contributed by atoms with Crippen LogP contribution in [0.4, 0.5) is 21.6 Å². The van der Waals surface area contributed by atoms with E-state index in [0.717, 1.165) is 11.3 Å². The van der Waals surface area contributed by atoms with Crippen LogP contribution in [-0.4, -0.2) is 40.2 Å². The highest BCUT2D eigenvalue weighted by Gasteiger charge is 2.20. The minimum atomic E-state index is -0.313. The lowest BCUT2D eigenvalue weighted by molar-refractivity contribution is 0.0808. The van der Waals surface area contributed by atoms with Gasteiger partial charge < -0.3 is 20.7 Å². The summed E-state index contributed by atoms with van der Waals surface area (Å²) >= 11 is 0. The van der Waals surface area contributed by atoms with E-state index in [0.29, 0.717) is 34.8 Å². The molecule has 3 aromatic rings. The van der Waals surface area contributed by atoms with E-state index < -0.39 is 0 Å². The van der Waals surface area contributed by atoms with Gasteiger partial charge in [0.2, 0.25) is 0 Å². The van der Waals surface area contributed by atoms with Gasteiger partial charge in [-0.2, -0.15) is 0 Å². The number of carbonyl (C=O) groups is 1. The summed E-state index contributed by atoms with van der Waals surface area (Å²) in [4.78, 5) is 17.1. The first-order valence-electron chi connectivity index (χ1n) is 9.53. The van der Waals surface area contributed by atoms with Gasteiger partial charge in [0.05, 0.1) is 25.1 Å². The zero-order valence-electron chi connectivity index (χ0n) is 16.5. The number of hydrogen-bond acceptors (Lipinski definition) is 6. The summed E-state index contributed by atoms with van der Waals surface area (Å²) in [5, 5.41) is 13.8. The highest BCUT2D eigenvalue weighted by atomic mass is 19.1. The zero-order chi connectivity index (χ0) is 20.5. The number of carbonyl (C=O) groups excluding carboxylic acids is 1. The van der Waals surface area contributed by atoms with Gasteiger partial charge in [0, 0.05) is 30.4 Å². The van der Waals surface area contributed by atoms with Crippen molar-refractivity contribution in [1.82, 2.24) is 19.9 Å². The van der Waals surface area contributed by atoms with Crippen LogP contribution in [0.2, 0.25) is 0 Å². The lowest BCUT2D eigenvalue weighted by Crippen LogP contribution is -2.36. The van der Waals surface area contributed by atoms with Crippen LogP contribution in [0.25, 0.3) is 5.65 Å². The molecule has 1 aliphatic heterocycles. The van der Waals surface area contributed by atoms with E-state index in [-0.39, 0.29) is 31.0 Å². The van der Waals surface area contributed by atoms with E-state index in [2.05, 4.69) is 26.0 Å². The fraction of sp³-hybridized carbons (Fsp3) is 0.350. The van der Waals surface area contributed by atoms with E-state index >= 15 is 0 Å². The third-order valence-corrected chi connectivity index (χ3v) is 4.89. The fourth-order valence-electron chi connectivity index (χ4n) is 3.37. The number of aromatic nitrogens is 3. The number of fused-ring (bicyclic) bond motifs is 3. The van der Waals surface area contributed by atoms with E-state index in [1.807, 2.05) is 13.8 Å². The molecule has 1 aromatic carbocycles. The molecule has 29 heavy (non-hydrogen) atoms. The number of aryl methyl sites for hydroxylation is 1. The monoisotopic (exact) mass is 398 g/mol. The molecule has 0 fully saturated rings. The average molecular weight is 398 g/mol. The average Bonchev–Trinajstić information content (AvgIpc) is 3.12. The zero-order valence-corrected chi connectivity index (χ0v) is 16.5. The summed E-state index contributed by atoms with van der Waals surface area (Å²) in [5.41, 5.74) is 3.58. The minimum absolute atomic E-state index is 0.108. The number of benzene rings is 1. The quantitative estimate of drug-likeness (QED) is 0.615. The van der Waals surface area contributed by atoms with Gasteiger partial charge in [-0.15, -0.1) is 5.10 Å². The topological polar surface area (TPSA) is 92.6 Å². The van der Waals surface area contributed by atoms with Crippen LogP contribution in [0.1, 0.15) is 35.5 Å². The number of imidazole rings is 1. The van der Waals surface area contributed by atoms with Gasteiger partial charge in [-0.3, -0.25) is 4.79 Å². The summed E-state index contributed by atoms with van der Waals surface area (Å²) in [7, 11) is 1.78. The molecule has 4 bridgehead atoms. The summed E-state index contributed by atoms with van der Waals surface area (Å²) in [6, 6.07) is 4.82. The first-order chi connectivity index (χ1) is 14.0. The normalized spacial score (nSPS) is 17.0. The molecule has 152 valence electrons. The maximum atomic E-state index is 14.5. The molecule has 0 unspecified atom stereocenters. The molecule has 8 nitrogen and oxygen atoms in total. The van der Waals surface area contributed by atoms with Gasteiger partial charge in [0.25, 0.3) is 5.91 Å². The molecule has 3 N–H and O–H groups in total. The number of anilines is 3. The molecule has 0 radical (unpaired) electrons. The van der Waals surface area contributed by atoms with Crippen molar-refractivity contribution < 1.29 is 13.9 Å². The number of hydrogen-bond donors (Lipinski definition) is 3. The number of amides is 1. The van der Waals surface area contributed by atoms with Crippen molar-refractivity contribution in [3.8, 4) is 0 Å². The van der Waals surface area contributed by atoms with Crippen LogP contribution in [0.5, 0.6) is 0 Å². The van der Waals surface area contributed by atoms with Crippen LogP contribution < -0.4 is 16.0 Å².